The van der Waals surface area contributed by atoms with E-state index in [9.17, 15) is 30.9 Å². The molecule has 0 heterocycles. The van der Waals surface area contributed by atoms with E-state index >= 15 is 0 Å². The van der Waals surface area contributed by atoms with Crippen molar-refractivity contribution >= 4 is 30.2 Å². The van der Waals surface area contributed by atoms with Gasteiger partial charge in [-0.2, -0.15) is 26.3 Å². The molecule has 0 aromatic carbocycles. The molecule has 19 heavy (non-hydrogen) atoms. The lowest BCUT2D eigenvalue weighted by molar-refractivity contribution is -0.210. The first-order valence-electron chi connectivity index (χ1n) is 4.61. The summed E-state index contributed by atoms with van der Waals surface area (Å²) in [4.78, 5) is 17.7. The van der Waals surface area contributed by atoms with Gasteiger partial charge in [-0.05, 0) is 0 Å². The first kappa shape index (κ1) is 19.4. The zero-order chi connectivity index (χ0) is 15.5. The van der Waals surface area contributed by atoms with Crippen molar-refractivity contribution in [2.75, 3.05) is 11.0 Å². The summed E-state index contributed by atoms with van der Waals surface area (Å²) in [6.07, 6.45) is -15.2. The van der Waals surface area contributed by atoms with E-state index in [0.717, 1.165) is 0 Å². The van der Waals surface area contributed by atoms with Crippen molar-refractivity contribution in [3.63, 3.8) is 0 Å². The Morgan fingerprint density at radius 1 is 1.00 bits per heavy atom. The predicted molar refractivity (Wildman–Crippen MR) is 61.0 cm³/mol. The van der Waals surface area contributed by atoms with Crippen LogP contribution in [0.2, 0.25) is 0 Å². The Kier molecular flexibility index (Phi) is 6.60. The molecule has 0 aromatic heterocycles. The summed E-state index contributed by atoms with van der Waals surface area (Å²) >= 11 is 1.59. The number of rotatable bonds is 6. The normalized spacial score (nSPS) is 14.8. The number of hydrogen-bond donors (Lipinski definition) is 2. The van der Waals surface area contributed by atoms with Gasteiger partial charge in [-0.3, -0.25) is 4.57 Å². The highest BCUT2D eigenvalue weighted by molar-refractivity contribution is 14.1. The van der Waals surface area contributed by atoms with Gasteiger partial charge in [0.05, 0.1) is 19.4 Å². The second-order valence-corrected chi connectivity index (χ2v) is 6.59. The summed E-state index contributed by atoms with van der Waals surface area (Å²) in [6, 6.07) is 0. The number of hydrogen-bond acceptors (Lipinski definition) is 2. The maximum absolute atomic E-state index is 12.3. The van der Waals surface area contributed by atoms with Crippen molar-refractivity contribution in [3.8, 4) is 0 Å². The van der Waals surface area contributed by atoms with Crippen LogP contribution in [0.25, 0.3) is 0 Å². The molecular formula is C7H10F6IO4P. The van der Waals surface area contributed by atoms with Crippen molar-refractivity contribution in [2.45, 2.75) is 30.5 Å². The molecule has 0 spiro atoms. The molecule has 0 rings (SSSR count). The molecule has 0 saturated heterocycles. The maximum atomic E-state index is 12.3. The van der Waals surface area contributed by atoms with E-state index < -0.39 is 44.7 Å². The highest BCUT2D eigenvalue weighted by atomic mass is 127. The summed E-state index contributed by atoms with van der Waals surface area (Å²) in [5.74, 6) is 0. The van der Waals surface area contributed by atoms with Gasteiger partial charge in [0, 0.05) is 4.43 Å². The largest absolute Gasteiger partial charge is 0.392 e. The van der Waals surface area contributed by atoms with Gasteiger partial charge in [-0.1, -0.05) is 22.6 Å². The third kappa shape index (κ3) is 7.11. The van der Waals surface area contributed by atoms with E-state index in [0.29, 0.717) is 0 Å². The third-order valence-corrected chi connectivity index (χ3v) is 3.88. The molecule has 12 heteroatoms. The lowest BCUT2D eigenvalue weighted by Crippen LogP contribution is -2.42. The predicted octanol–water partition coefficient (Wildman–Crippen LogP) is 3.22. The molecule has 0 aliphatic heterocycles. The van der Waals surface area contributed by atoms with Gasteiger partial charge < -0.3 is 14.5 Å². The molecule has 4 nitrogen and oxygen atoms in total. The number of halogens is 7. The first-order chi connectivity index (χ1) is 8.22. The summed E-state index contributed by atoms with van der Waals surface area (Å²) in [6.45, 7) is -0.641. The van der Waals surface area contributed by atoms with E-state index in [-0.39, 0.29) is 4.43 Å². The Hall–Kier alpha value is 0.420. The van der Waals surface area contributed by atoms with E-state index in [1.165, 1.54) is 0 Å². The quantitative estimate of drug-likeness (QED) is 0.294. The van der Waals surface area contributed by atoms with Crippen molar-refractivity contribution in [3.05, 3.63) is 0 Å². The molecule has 0 aliphatic rings. The van der Waals surface area contributed by atoms with Crippen LogP contribution in [0.1, 0.15) is 12.8 Å². The molecule has 0 amide bonds. The molecule has 0 unspecified atom stereocenters. The molecule has 0 bridgehead atoms. The van der Waals surface area contributed by atoms with Crippen LogP contribution >= 0.6 is 30.2 Å². The van der Waals surface area contributed by atoms with Crippen molar-refractivity contribution < 1.29 is 45.4 Å². The lowest BCUT2D eigenvalue weighted by atomic mass is 10.1. The monoisotopic (exact) mass is 430 g/mol. The molecule has 0 fully saturated rings. The van der Waals surface area contributed by atoms with Crippen LogP contribution in [-0.2, 0) is 9.30 Å². The summed E-state index contributed by atoms with van der Waals surface area (Å²) in [5.41, 5.74) is 0. The smallest absolute Gasteiger partial charge is 0.361 e. The van der Waals surface area contributed by atoms with E-state index in [1.807, 2.05) is 0 Å². The average molecular weight is 430 g/mol. The Balaban J connectivity index is 5.53. The van der Waals surface area contributed by atoms with Crippen LogP contribution in [0.4, 0.5) is 26.3 Å². The van der Waals surface area contributed by atoms with Crippen LogP contribution in [0.15, 0.2) is 0 Å². The fourth-order valence-corrected chi connectivity index (χ4v) is 2.56. The Labute approximate surface area is 117 Å². The molecule has 0 radical (unpaired) electrons. The molecule has 0 aliphatic carbocycles. The van der Waals surface area contributed by atoms with Gasteiger partial charge in [-0.25, -0.2) is 0 Å². The fourth-order valence-electron chi connectivity index (χ4n) is 1.31. The second kappa shape index (κ2) is 6.46. The Bertz CT molecular complexity index is 321. The number of ether oxygens (including phenoxy) is 1. The van der Waals surface area contributed by atoms with Crippen LogP contribution in [0, 0.1) is 0 Å². The van der Waals surface area contributed by atoms with Gasteiger partial charge in [0.2, 0.25) is 0 Å². The first-order valence-corrected chi connectivity index (χ1v) is 7.75. The average Bonchev–Trinajstić information content (AvgIpc) is 2.07. The van der Waals surface area contributed by atoms with Crippen molar-refractivity contribution in [2.24, 2.45) is 0 Å². The standard InChI is InChI=1S/C7H10F6IO4P/c8-6(9,10)3-5(18-2-1-14,19(15,16)17)4-7(11,12)13/h1-4H2,(H2,15,16,17). The Morgan fingerprint density at radius 3 is 1.58 bits per heavy atom. The summed E-state index contributed by atoms with van der Waals surface area (Å²) in [5, 5.41) is -3.63. The zero-order valence-electron chi connectivity index (χ0n) is 9.13. The van der Waals surface area contributed by atoms with Gasteiger partial charge in [0.25, 0.3) is 0 Å². The van der Waals surface area contributed by atoms with E-state index in [1.54, 1.807) is 22.6 Å². The Morgan fingerprint density at radius 2 is 1.37 bits per heavy atom. The maximum Gasteiger partial charge on any atom is 0.392 e. The molecule has 2 N–H and O–H groups in total. The minimum absolute atomic E-state index is 0.0186. The summed E-state index contributed by atoms with van der Waals surface area (Å²) < 4.78 is 89.1. The van der Waals surface area contributed by atoms with Crippen molar-refractivity contribution in [1.29, 1.82) is 0 Å². The minimum atomic E-state index is -5.80. The molecule has 0 aromatic rings. The second-order valence-electron chi connectivity index (χ2n) is 3.61. The van der Waals surface area contributed by atoms with Gasteiger partial charge in [-0.15, -0.1) is 0 Å². The minimum Gasteiger partial charge on any atom is -0.361 e. The number of alkyl halides is 7. The fraction of sp³-hybridized carbons (Fsp3) is 1.00. The van der Waals surface area contributed by atoms with Crippen LogP contribution in [0.3, 0.4) is 0 Å². The summed E-state index contributed by atoms with van der Waals surface area (Å²) in [7, 11) is -5.80. The highest BCUT2D eigenvalue weighted by Gasteiger charge is 2.59. The molecule has 116 valence electrons. The van der Waals surface area contributed by atoms with E-state index in [4.69, 9.17) is 9.79 Å². The zero-order valence-corrected chi connectivity index (χ0v) is 12.2. The van der Waals surface area contributed by atoms with Gasteiger partial charge in [0.1, 0.15) is 0 Å². The molecular weight excluding hydrogens is 420 g/mol. The topological polar surface area (TPSA) is 66.8 Å². The highest BCUT2D eigenvalue weighted by Crippen LogP contribution is 2.59. The van der Waals surface area contributed by atoms with Crippen molar-refractivity contribution in [1.82, 2.24) is 0 Å². The third-order valence-electron chi connectivity index (χ3n) is 1.93. The van der Waals surface area contributed by atoms with E-state index in [2.05, 4.69) is 4.74 Å². The van der Waals surface area contributed by atoms with Gasteiger partial charge in [0.15, 0.2) is 5.34 Å². The van der Waals surface area contributed by atoms with Crippen LogP contribution in [0.5, 0.6) is 0 Å². The molecule has 0 atom stereocenters. The SMILES string of the molecule is O=P(O)(O)C(CC(F)(F)F)(CC(F)(F)F)OCCI. The lowest BCUT2D eigenvalue weighted by Gasteiger charge is -2.35. The van der Waals surface area contributed by atoms with Crippen LogP contribution < -0.4 is 0 Å². The van der Waals surface area contributed by atoms with Gasteiger partial charge >= 0.3 is 19.9 Å². The molecule has 0 saturated carbocycles. The van der Waals surface area contributed by atoms with Crippen LogP contribution in [-0.4, -0.2) is 38.5 Å².